The van der Waals surface area contributed by atoms with Crippen molar-refractivity contribution in [2.45, 2.75) is 23.8 Å². The van der Waals surface area contributed by atoms with Crippen molar-refractivity contribution in [2.24, 2.45) is 0 Å². The molecule has 0 aromatic carbocycles. The molecule has 4 nitrogen and oxygen atoms in total. The summed E-state index contributed by atoms with van der Waals surface area (Å²) in [5, 5.41) is -5.47. The summed E-state index contributed by atoms with van der Waals surface area (Å²) in [7, 11) is 0. The lowest BCUT2D eigenvalue weighted by molar-refractivity contribution is -0.205. The Morgan fingerprint density at radius 2 is 1.56 bits per heavy atom. The number of rotatable bonds is 5. The predicted octanol–water partition coefficient (Wildman–Crippen LogP) is 1.59. The van der Waals surface area contributed by atoms with Crippen LogP contribution in [0.1, 0.15) is 6.42 Å². The van der Waals surface area contributed by atoms with Crippen LogP contribution in [0, 0.1) is 0 Å². The molecule has 18 heavy (non-hydrogen) atoms. The lowest BCUT2D eigenvalue weighted by Gasteiger charge is -2.27. The maximum Gasteiger partial charge on any atom is 0.490 e. The Balaban J connectivity index is 4.47. The van der Waals surface area contributed by atoms with E-state index in [2.05, 4.69) is 4.74 Å². The molecule has 0 aliphatic carbocycles. The summed E-state index contributed by atoms with van der Waals surface area (Å²) >= 11 is -4.47. The van der Waals surface area contributed by atoms with E-state index < -0.39 is 47.4 Å². The number of ether oxygens (including phenoxy) is 1. The molecule has 1 atom stereocenters. The maximum absolute atomic E-state index is 12.6. The Bertz CT molecular complexity index is 339. The van der Waals surface area contributed by atoms with Gasteiger partial charge in [-0.1, -0.05) is 0 Å². The highest BCUT2D eigenvalue weighted by molar-refractivity contribution is 7.80. The summed E-state index contributed by atoms with van der Waals surface area (Å²) in [6, 6.07) is 0. The molecule has 0 amide bonds. The fourth-order valence-corrected chi connectivity index (χ4v) is 0.967. The summed E-state index contributed by atoms with van der Waals surface area (Å²) in [6.45, 7) is -1.71. The first-order chi connectivity index (χ1) is 7.82. The van der Waals surface area contributed by atoms with E-state index in [1.165, 1.54) is 0 Å². The minimum atomic E-state index is -5.47. The van der Waals surface area contributed by atoms with Crippen molar-refractivity contribution in [1.29, 1.82) is 0 Å². The lowest BCUT2D eigenvalue weighted by atomic mass is 10.2. The van der Waals surface area contributed by atoms with Gasteiger partial charge in [-0.25, -0.2) is 4.79 Å². The molecule has 0 aromatic rings. The highest BCUT2D eigenvalue weighted by Gasteiger charge is 2.57. The summed E-state index contributed by atoms with van der Waals surface area (Å²) in [5.74, 6) is -8.00. The van der Waals surface area contributed by atoms with Gasteiger partial charge in [0.15, 0.2) is 0 Å². The number of halogens is 7. The summed E-state index contributed by atoms with van der Waals surface area (Å²) in [5.41, 5.74) is 0. The van der Waals surface area contributed by atoms with Gasteiger partial charge in [0, 0.05) is 11.1 Å². The van der Waals surface area contributed by atoms with Crippen LogP contribution >= 0.6 is 0 Å². The van der Waals surface area contributed by atoms with Crippen molar-refractivity contribution in [3.05, 3.63) is 0 Å². The second-order valence-electron chi connectivity index (χ2n) is 2.84. The number of hydrogen-bond donors (Lipinski definition) is 0. The van der Waals surface area contributed by atoms with Crippen LogP contribution in [0.15, 0.2) is 0 Å². The van der Waals surface area contributed by atoms with Crippen LogP contribution in [0.4, 0.5) is 30.7 Å². The largest absolute Gasteiger partial charge is 0.768 e. The molecule has 0 heterocycles. The van der Waals surface area contributed by atoms with Gasteiger partial charge in [0.2, 0.25) is 0 Å². The van der Waals surface area contributed by atoms with E-state index in [-0.39, 0.29) is 0 Å². The van der Waals surface area contributed by atoms with Gasteiger partial charge in [-0.05, 0) is 0 Å². The van der Waals surface area contributed by atoms with Crippen molar-refractivity contribution in [3.63, 3.8) is 0 Å². The van der Waals surface area contributed by atoms with Crippen molar-refractivity contribution in [2.75, 3.05) is 6.61 Å². The first kappa shape index (κ1) is 17.1. The molecule has 0 aliphatic rings. The number of esters is 1. The molecule has 0 bridgehead atoms. The quantitative estimate of drug-likeness (QED) is 0.439. The molecule has 1 unspecified atom stereocenters. The van der Waals surface area contributed by atoms with Crippen LogP contribution in [0.2, 0.25) is 0 Å². The molecule has 0 rings (SSSR count). The van der Waals surface area contributed by atoms with Crippen molar-refractivity contribution in [1.82, 2.24) is 0 Å². The Morgan fingerprint density at radius 1 is 1.11 bits per heavy atom. The third-order valence-corrected chi connectivity index (χ3v) is 2.23. The molecule has 0 aromatic heterocycles. The zero-order valence-corrected chi connectivity index (χ0v) is 8.92. The van der Waals surface area contributed by atoms with Crippen LogP contribution in [0.3, 0.4) is 0 Å². The molecule has 108 valence electrons. The predicted molar refractivity (Wildman–Crippen MR) is 40.4 cm³/mol. The monoisotopic (exact) mass is 305 g/mol. The summed E-state index contributed by atoms with van der Waals surface area (Å²) in [6.07, 6.45) is -7.53. The molecular formula is C6H4F7O4S-. The second kappa shape index (κ2) is 5.38. The molecule has 0 saturated heterocycles. The van der Waals surface area contributed by atoms with Gasteiger partial charge in [-0.3, -0.25) is 4.21 Å². The zero-order chi connectivity index (χ0) is 14.8. The standard InChI is InChI=1S/C6H5F7O4S/c7-4(8,6(12,13)18(15)16)1-2-17-3(14)5(9,10)11/h1-2H2,(H,15,16)/p-1. The van der Waals surface area contributed by atoms with Gasteiger partial charge in [0.1, 0.15) is 0 Å². The van der Waals surface area contributed by atoms with E-state index in [0.717, 1.165) is 0 Å². The second-order valence-corrected chi connectivity index (χ2v) is 3.82. The maximum atomic E-state index is 12.6. The zero-order valence-electron chi connectivity index (χ0n) is 8.10. The molecule has 0 fully saturated rings. The van der Waals surface area contributed by atoms with E-state index >= 15 is 0 Å². The van der Waals surface area contributed by atoms with Gasteiger partial charge in [-0.15, -0.1) is 0 Å². The van der Waals surface area contributed by atoms with Crippen LogP contribution in [0.5, 0.6) is 0 Å². The first-order valence-electron chi connectivity index (χ1n) is 3.91. The van der Waals surface area contributed by atoms with Gasteiger partial charge >= 0.3 is 23.3 Å². The number of hydrogen-bond acceptors (Lipinski definition) is 4. The van der Waals surface area contributed by atoms with E-state index in [4.69, 9.17) is 0 Å². The average Bonchev–Trinajstić information content (AvgIpc) is 2.15. The van der Waals surface area contributed by atoms with Gasteiger partial charge < -0.3 is 9.29 Å². The Hall–Kier alpha value is -0.910. The molecular weight excluding hydrogens is 301 g/mol. The summed E-state index contributed by atoms with van der Waals surface area (Å²) < 4.78 is 107. The smallest absolute Gasteiger partial charge is 0.490 e. The van der Waals surface area contributed by atoms with Crippen LogP contribution < -0.4 is 0 Å². The third-order valence-electron chi connectivity index (χ3n) is 1.52. The van der Waals surface area contributed by atoms with Crippen molar-refractivity contribution < 1.29 is 49.0 Å². The number of carbonyl (C=O) groups excluding carboxylic acids is 1. The van der Waals surface area contributed by atoms with Crippen LogP contribution in [-0.4, -0.2) is 38.7 Å². The topological polar surface area (TPSA) is 66.4 Å². The van der Waals surface area contributed by atoms with E-state index in [1.807, 2.05) is 0 Å². The third kappa shape index (κ3) is 4.08. The minimum Gasteiger partial charge on any atom is -0.768 e. The minimum absolute atomic E-state index is 1.71. The Morgan fingerprint density at radius 3 is 1.89 bits per heavy atom. The first-order valence-corrected chi connectivity index (χ1v) is 4.99. The molecule has 0 radical (unpaired) electrons. The molecule has 0 spiro atoms. The van der Waals surface area contributed by atoms with Gasteiger partial charge in [0.25, 0.3) is 0 Å². The van der Waals surface area contributed by atoms with E-state index in [9.17, 15) is 44.3 Å². The molecule has 0 saturated carbocycles. The SMILES string of the molecule is O=C(OCCC(F)(F)C(F)(F)S(=O)[O-])C(F)(F)F. The normalized spacial score (nSPS) is 15.3. The van der Waals surface area contributed by atoms with Crippen LogP contribution in [-0.2, 0) is 20.6 Å². The van der Waals surface area contributed by atoms with Crippen molar-refractivity contribution in [3.8, 4) is 0 Å². The Labute approximate surface area is 97.4 Å². The number of alkyl halides is 7. The molecule has 0 aliphatic heterocycles. The van der Waals surface area contributed by atoms with Gasteiger partial charge in [-0.2, -0.15) is 30.7 Å². The van der Waals surface area contributed by atoms with E-state index in [1.54, 1.807) is 0 Å². The van der Waals surface area contributed by atoms with Crippen LogP contribution in [0.25, 0.3) is 0 Å². The summed E-state index contributed by atoms with van der Waals surface area (Å²) in [4.78, 5) is 10.0. The Kier molecular flexibility index (Phi) is 5.11. The van der Waals surface area contributed by atoms with Crippen molar-refractivity contribution >= 4 is 17.0 Å². The average molecular weight is 305 g/mol. The highest BCUT2D eigenvalue weighted by atomic mass is 32.2. The fourth-order valence-electron chi connectivity index (χ4n) is 0.621. The van der Waals surface area contributed by atoms with E-state index in [0.29, 0.717) is 0 Å². The lowest BCUT2D eigenvalue weighted by Crippen LogP contribution is -2.45. The molecule has 0 N–H and O–H groups in total. The van der Waals surface area contributed by atoms with Gasteiger partial charge in [0.05, 0.1) is 13.0 Å². The number of carbonyl (C=O) groups is 1. The molecule has 12 heteroatoms. The highest BCUT2D eigenvalue weighted by Crippen LogP contribution is 2.39. The fraction of sp³-hybridized carbons (Fsp3) is 0.833.